The van der Waals surface area contributed by atoms with Gasteiger partial charge in [-0.15, -0.1) is 11.8 Å². The Morgan fingerprint density at radius 3 is 2.62 bits per heavy atom. The summed E-state index contributed by atoms with van der Waals surface area (Å²) in [6.45, 7) is 2.99. The first-order chi connectivity index (χ1) is 19.4. The van der Waals surface area contributed by atoms with E-state index in [9.17, 15) is 10.1 Å². The number of thioether (sulfide) groups is 1. The van der Waals surface area contributed by atoms with E-state index in [0.717, 1.165) is 38.4 Å². The molecule has 7 rings (SSSR count). The summed E-state index contributed by atoms with van der Waals surface area (Å²) in [6, 6.07) is 11.3. The van der Waals surface area contributed by atoms with Crippen molar-refractivity contribution >= 4 is 29.6 Å². The van der Waals surface area contributed by atoms with E-state index >= 15 is 0 Å². The number of nitriles is 1. The maximum Gasteiger partial charge on any atom is 0.314 e. The minimum Gasteiger partial charge on any atom is -0.368 e. The molecule has 1 aliphatic heterocycles. The number of amides is 2. The van der Waals surface area contributed by atoms with Gasteiger partial charge < -0.3 is 26.6 Å². The lowest BCUT2D eigenvalue weighted by atomic mass is 9.48. The average molecular weight is 561 g/mol. The molecule has 0 spiro atoms. The van der Waals surface area contributed by atoms with Crippen molar-refractivity contribution in [3.63, 3.8) is 0 Å². The van der Waals surface area contributed by atoms with E-state index in [1.54, 1.807) is 22.9 Å². The molecule has 1 unspecified atom stereocenters. The van der Waals surface area contributed by atoms with Crippen LogP contribution in [-0.2, 0) is 6.54 Å². The smallest absolute Gasteiger partial charge is 0.314 e. The van der Waals surface area contributed by atoms with Gasteiger partial charge in [-0.1, -0.05) is 18.2 Å². The molecule has 1 aromatic carbocycles. The van der Waals surface area contributed by atoms with Gasteiger partial charge in [-0.3, -0.25) is 0 Å². The number of primary amides is 1. The second kappa shape index (κ2) is 11.5. The normalized spacial score (nSPS) is 29.2. The number of nitrogens with one attached hydrogen (secondary N) is 3. The average Bonchev–Trinajstić information content (AvgIpc) is 2.97. The molecule has 5 aliphatic rings. The monoisotopic (exact) mass is 560 g/mol. The molecule has 1 saturated heterocycles. The predicted molar refractivity (Wildman–Crippen MR) is 158 cm³/mol. The van der Waals surface area contributed by atoms with Crippen LogP contribution in [0.4, 0.5) is 16.6 Å². The van der Waals surface area contributed by atoms with Crippen molar-refractivity contribution in [1.82, 2.24) is 20.2 Å². The highest BCUT2D eigenvalue weighted by atomic mass is 32.2. The van der Waals surface area contributed by atoms with E-state index in [2.05, 4.69) is 45.4 Å². The number of piperidine rings is 1. The zero-order valence-corrected chi connectivity index (χ0v) is 24.1. The van der Waals surface area contributed by atoms with E-state index in [4.69, 9.17) is 10.7 Å². The Bertz CT molecular complexity index is 1260. The van der Waals surface area contributed by atoms with Crippen molar-refractivity contribution in [2.24, 2.45) is 28.9 Å². The number of benzene rings is 1. The van der Waals surface area contributed by atoms with Gasteiger partial charge in [0.1, 0.15) is 17.5 Å². The fourth-order valence-electron chi connectivity index (χ4n) is 8.20. The second-order valence-corrected chi connectivity index (χ2v) is 13.2. The number of carbonyl (C=O) groups is 1. The number of nitrogens with zero attached hydrogens (tertiary/aromatic N) is 4. The molecule has 4 bridgehead atoms. The Morgan fingerprint density at radius 1 is 1.18 bits per heavy atom. The molecule has 5 fully saturated rings. The van der Waals surface area contributed by atoms with Crippen molar-refractivity contribution in [2.45, 2.75) is 68.5 Å². The summed E-state index contributed by atoms with van der Waals surface area (Å²) in [5.74, 6) is 3.34. The van der Waals surface area contributed by atoms with Gasteiger partial charge in [-0.05, 0) is 86.0 Å². The number of hydrogen-bond donors (Lipinski definition) is 4. The number of carbonyl (C=O) groups excluding carboxylic acids is 1. The van der Waals surface area contributed by atoms with Crippen LogP contribution in [0.5, 0.6) is 0 Å². The lowest BCUT2D eigenvalue weighted by Gasteiger charge is -2.61. The van der Waals surface area contributed by atoms with E-state index < -0.39 is 0 Å². The van der Waals surface area contributed by atoms with Crippen LogP contribution in [0.15, 0.2) is 35.4 Å². The third-order valence-electron chi connectivity index (χ3n) is 9.80. The van der Waals surface area contributed by atoms with Crippen LogP contribution in [0.25, 0.3) is 0 Å². The van der Waals surface area contributed by atoms with Crippen molar-refractivity contribution in [1.29, 1.82) is 5.26 Å². The van der Waals surface area contributed by atoms with Crippen LogP contribution < -0.4 is 21.7 Å². The van der Waals surface area contributed by atoms with Crippen molar-refractivity contribution in [3.8, 4) is 6.07 Å². The topological polar surface area (TPSA) is 132 Å². The number of likely N-dealkylation sites (tertiary alicyclic amines) is 1. The minimum absolute atomic E-state index is 0.257. The second-order valence-electron chi connectivity index (χ2n) is 12.3. The van der Waals surface area contributed by atoms with E-state index in [1.165, 1.54) is 42.6 Å². The van der Waals surface area contributed by atoms with Gasteiger partial charge in [0.15, 0.2) is 0 Å². The molecular formula is C30H40N8OS. The Labute approximate surface area is 241 Å². The van der Waals surface area contributed by atoms with Crippen molar-refractivity contribution < 1.29 is 4.79 Å². The van der Waals surface area contributed by atoms with Gasteiger partial charge >= 0.3 is 6.03 Å². The van der Waals surface area contributed by atoms with Gasteiger partial charge in [0.25, 0.3) is 0 Å². The van der Waals surface area contributed by atoms with Crippen LogP contribution in [0, 0.1) is 34.5 Å². The third kappa shape index (κ3) is 5.59. The lowest BCUT2D eigenvalue weighted by Crippen LogP contribution is -2.62. The molecule has 2 aromatic rings. The number of nitrogens with two attached hydrogens (primary N) is 1. The Kier molecular flexibility index (Phi) is 7.78. The Morgan fingerprint density at radius 2 is 1.93 bits per heavy atom. The third-order valence-corrected chi connectivity index (χ3v) is 10.6. The maximum absolute atomic E-state index is 11.5. The summed E-state index contributed by atoms with van der Waals surface area (Å²) < 4.78 is 0. The van der Waals surface area contributed by atoms with E-state index in [-0.39, 0.29) is 11.4 Å². The zero-order valence-electron chi connectivity index (χ0n) is 23.2. The Hall–Kier alpha value is -3.03. The highest BCUT2D eigenvalue weighted by Crippen LogP contribution is 2.60. The molecule has 5 N–H and O–H groups in total. The largest absolute Gasteiger partial charge is 0.368 e. The summed E-state index contributed by atoms with van der Waals surface area (Å²) in [5, 5.41) is 20.8. The molecule has 40 heavy (non-hydrogen) atoms. The quantitative estimate of drug-likeness (QED) is 0.332. The maximum atomic E-state index is 11.5. The molecule has 4 saturated carbocycles. The fraction of sp³-hybridized carbons (Fsp3) is 0.600. The van der Waals surface area contributed by atoms with Crippen LogP contribution in [-0.4, -0.2) is 58.9 Å². The Balaban J connectivity index is 1.09. The summed E-state index contributed by atoms with van der Waals surface area (Å²) in [6.07, 6.45) is 12.0. The molecule has 0 radical (unpaired) electrons. The predicted octanol–water partition coefficient (Wildman–Crippen LogP) is 4.42. The molecule has 2 heterocycles. The van der Waals surface area contributed by atoms with Crippen LogP contribution in [0.1, 0.15) is 56.1 Å². The first-order valence-corrected chi connectivity index (χ1v) is 15.8. The van der Waals surface area contributed by atoms with Crippen LogP contribution in [0.2, 0.25) is 0 Å². The van der Waals surface area contributed by atoms with Crippen molar-refractivity contribution in [3.05, 3.63) is 41.6 Å². The molecule has 1 aromatic heterocycles. The number of anilines is 2. The van der Waals surface area contributed by atoms with Gasteiger partial charge in [-0.25, -0.2) is 9.78 Å². The summed E-state index contributed by atoms with van der Waals surface area (Å²) in [5.41, 5.74) is 7.43. The van der Waals surface area contributed by atoms with Gasteiger partial charge in [0.2, 0.25) is 5.95 Å². The number of urea groups is 1. The van der Waals surface area contributed by atoms with E-state index in [1.807, 2.05) is 12.1 Å². The summed E-state index contributed by atoms with van der Waals surface area (Å²) in [7, 11) is 0. The standard InChI is InChI=1S/C30H40N8OS/c1-40-25-5-3-2-4-20(25)16-33-29-34-17-23(15-31)27(37-29)35-18-30-12-19-10-21(13-30)26(22(11-19)14-30)36-24-6-8-38(9-7-24)28(32)39/h2-5,17,19,21-22,24,26,36H,6-14,16,18H2,1H3,(H2,32,39)(H2,33,34,35,37)/t19?,21-,22+,26-,30-. The van der Waals surface area contributed by atoms with Crippen LogP contribution in [0.3, 0.4) is 0 Å². The summed E-state index contributed by atoms with van der Waals surface area (Å²) >= 11 is 1.73. The molecular weight excluding hydrogens is 520 g/mol. The summed E-state index contributed by atoms with van der Waals surface area (Å²) in [4.78, 5) is 23.6. The molecule has 9 nitrogen and oxygen atoms in total. The zero-order chi connectivity index (χ0) is 27.7. The van der Waals surface area contributed by atoms with Crippen LogP contribution >= 0.6 is 11.8 Å². The first kappa shape index (κ1) is 27.2. The first-order valence-electron chi connectivity index (χ1n) is 14.6. The van der Waals surface area contributed by atoms with Gasteiger partial charge in [0.05, 0.1) is 6.20 Å². The van der Waals surface area contributed by atoms with E-state index in [0.29, 0.717) is 47.8 Å². The molecule has 10 heteroatoms. The number of hydrogen-bond acceptors (Lipinski definition) is 8. The molecule has 5 atom stereocenters. The SMILES string of the molecule is CSc1ccccc1CNc1ncc(C#N)c(NC[C@]23CC4C[C@H](C2)[C@@H](NC2CCN(C(N)=O)CC2)[C@@H](C4)C3)n1. The highest BCUT2D eigenvalue weighted by Gasteiger charge is 2.55. The minimum atomic E-state index is -0.297. The number of rotatable bonds is 9. The molecule has 212 valence electrons. The highest BCUT2D eigenvalue weighted by molar-refractivity contribution is 7.98. The van der Waals surface area contributed by atoms with Crippen molar-refractivity contribution in [2.75, 3.05) is 36.5 Å². The fourth-order valence-corrected chi connectivity index (χ4v) is 8.82. The lowest BCUT2D eigenvalue weighted by molar-refractivity contribution is -0.0732. The number of aromatic nitrogens is 2. The van der Waals surface area contributed by atoms with Gasteiger partial charge in [0, 0.05) is 43.2 Å². The molecule has 4 aliphatic carbocycles. The van der Waals surface area contributed by atoms with Gasteiger partial charge in [-0.2, -0.15) is 10.2 Å². The molecule has 2 amide bonds.